The fourth-order valence-corrected chi connectivity index (χ4v) is 2.79. The Balaban J connectivity index is 0.00000196. The van der Waals surface area contributed by atoms with Gasteiger partial charge in [0.1, 0.15) is 11.5 Å². The van der Waals surface area contributed by atoms with Gasteiger partial charge >= 0.3 is 0 Å². The fraction of sp³-hybridized carbons (Fsp3) is 0.0476. The minimum atomic E-state index is -0.170. The highest BCUT2D eigenvalue weighted by atomic mass is 35.5. The van der Waals surface area contributed by atoms with E-state index in [4.69, 9.17) is 4.74 Å². The van der Waals surface area contributed by atoms with Crippen LogP contribution in [0.2, 0.25) is 0 Å². The Morgan fingerprint density at radius 2 is 1.73 bits per heavy atom. The predicted molar refractivity (Wildman–Crippen MR) is 93.2 cm³/mol. The van der Waals surface area contributed by atoms with Crippen LogP contribution in [0.4, 0.5) is 0 Å². The number of ether oxygens (including phenoxy) is 1. The Kier molecular flexibility index (Phi) is 5.05. The number of pyridine rings is 1. The first-order valence-corrected chi connectivity index (χ1v) is 7.99. The van der Waals surface area contributed by atoms with Gasteiger partial charge in [-0.15, -0.1) is 0 Å². The molecule has 1 aliphatic heterocycles. The van der Waals surface area contributed by atoms with Crippen LogP contribution in [0, 0.1) is 0 Å². The van der Waals surface area contributed by atoms with E-state index in [-0.39, 0.29) is 29.7 Å². The standard InChI is InChI=1S/C21H15NO3.ClH/c23-17-6-7-18-19(13-17)25-20(21(18)24)12-15-8-10-22(11-9-15)14-16-4-2-1-3-5-16;/h1-13H,14H2;1H/b20-12-;. The molecule has 0 spiro atoms. The quantitative estimate of drug-likeness (QED) is 0.538. The van der Waals surface area contributed by atoms with Crippen molar-refractivity contribution in [1.29, 1.82) is 0 Å². The van der Waals surface area contributed by atoms with Crippen molar-refractivity contribution < 1.29 is 31.6 Å². The van der Waals surface area contributed by atoms with Crippen molar-refractivity contribution in [3.05, 3.63) is 95.5 Å². The fourth-order valence-electron chi connectivity index (χ4n) is 2.79. The molecule has 3 aromatic rings. The molecule has 1 aromatic heterocycles. The third-order valence-corrected chi connectivity index (χ3v) is 4.08. The Bertz CT molecular complexity index is 966. The molecule has 26 heavy (non-hydrogen) atoms. The number of Topliss-reactive ketones (excluding diaryl/α,β-unsaturated/α-hetero) is 1. The van der Waals surface area contributed by atoms with Crippen molar-refractivity contribution in [2.75, 3.05) is 0 Å². The second kappa shape index (κ2) is 7.42. The van der Waals surface area contributed by atoms with Crippen molar-refractivity contribution in [2.45, 2.75) is 6.54 Å². The first-order chi connectivity index (χ1) is 12.2. The zero-order valence-electron chi connectivity index (χ0n) is 13.8. The second-order valence-electron chi connectivity index (χ2n) is 5.91. The van der Waals surface area contributed by atoms with Crippen LogP contribution < -0.4 is 21.7 Å². The SMILES string of the molecule is O=C1/C(=C/c2cc[n+](Cc3ccccc3)cc2)Oc2cc(O)ccc21.[Cl-]. The lowest BCUT2D eigenvalue weighted by Gasteiger charge is -2.00. The number of aromatic nitrogens is 1. The maximum atomic E-state index is 12.3. The van der Waals surface area contributed by atoms with Gasteiger partial charge in [-0.05, 0) is 23.8 Å². The van der Waals surface area contributed by atoms with Crippen LogP contribution in [0.15, 0.2) is 78.8 Å². The van der Waals surface area contributed by atoms with Gasteiger partial charge in [-0.3, -0.25) is 4.79 Å². The van der Waals surface area contributed by atoms with Crippen LogP contribution in [0.5, 0.6) is 11.5 Å². The molecule has 0 saturated carbocycles. The van der Waals surface area contributed by atoms with E-state index in [1.165, 1.54) is 17.7 Å². The lowest BCUT2D eigenvalue weighted by atomic mass is 10.1. The average Bonchev–Trinajstić information content (AvgIpc) is 2.92. The molecular weight excluding hydrogens is 350 g/mol. The first-order valence-electron chi connectivity index (χ1n) is 7.99. The van der Waals surface area contributed by atoms with Gasteiger partial charge in [0, 0.05) is 23.8 Å². The third kappa shape index (κ3) is 3.60. The number of fused-ring (bicyclic) bond motifs is 1. The molecule has 1 aliphatic rings. The van der Waals surface area contributed by atoms with Crippen molar-refractivity contribution >= 4 is 11.9 Å². The Morgan fingerprint density at radius 3 is 2.46 bits per heavy atom. The summed E-state index contributed by atoms with van der Waals surface area (Å²) in [5.74, 6) is 0.568. The topological polar surface area (TPSA) is 50.4 Å². The summed E-state index contributed by atoms with van der Waals surface area (Å²) < 4.78 is 7.65. The van der Waals surface area contributed by atoms with Crippen molar-refractivity contribution in [3.8, 4) is 11.5 Å². The zero-order chi connectivity index (χ0) is 17.2. The highest BCUT2D eigenvalue weighted by Gasteiger charge is 2.27. The van der Waals surface area contributed by atoms with E-state index in [0.717, 1.165) is 12.1 Å². The van der Waals surface area contributed by atoms with Crippen molar-refractivity contribution in [2.24, 2.45) is 0 Å². The molecule has 0 saturated heterocycles. The van der Waals surface area contributed by atoms with Crippen LogP contribution in [-0.4, -0.2) is 10.9 Å². The molecule has 0 atom stereocenters. The van der Waals surface area contributed by atoms with Crippen molar-refractivity contribution in [1.82, 2.24) is 0 Å². The van der Waals surface area contributed by atoms with E-state index in [1.807, 2.05) is 42.7 Å². The summed E-state index contributed by atoms with van der Waals surface area (Å²) in [6, 6.07) is 18.6. The van der Waals surface area contributed by atoms with Crippen LogP contribution in [0.3, 0.4) is 0 Å². The number of phenols is 1. The first kappa shape index (κ1) is 17.7. The van der Waals surface area contributed by atoms with Crippen LogP contribution in [0.1, 0.15) is 21.5 Å². The lowest BCUT2D eigenvalue weighted by Crippen LogP contribution is -3.00. The number of carbonyl (C=O) groups is 1. The van der Waals surface area contributed by atoms with Gasteiger partial charge in [0.25, 0.3) is 0 Å². The van der Waals surface area contributed by atoms with E-state index >= 15 is 0 Å². The molecular formula is C21H16ClNO3. The summed E-state index contributed by atoms with van der Waals surface area (Å²) in [4.78, 5) is 12.3. The Morgan fingerprint density at radius 1 is 1.00 bits per heavy atom. The van der Waals surface area contributed by atoms with E-state index < -0.39 is 0 Å². The summed E-state index contributed by atoms with van der Waals surface area (Å²) in [6.07, 6.45) is 5.65. The molecule has 130 valence electrons. The highest BCUT2D eigenvalue weighted by Crippen LogP contribution is 2.34. The largest absolute Gasteiger partial charge is 1.00 e. The molecule has 0 fully saturated rings. The number of ketones is 1. The van der Waals surface area contributed by atoms with Gasteiger partial charge in [-0.25, -0.2) is 4.57 Å². The van der Waals surface area contributed by atoms with E-state index in [1.54, 1.807) is 12.1 Å². The van der Waals surface area contributed by atoms with Crippen LogP contribution in [0.25, 0.3) is 6.08 Å². The molecule has 1 N–H and O–H groups in total. The summed E-state index contributed by atoms with van der Waals surface area (Å²) in [5, 5.41) is 9.50. The maximum absolute atomic E-state index is 12.3. The van der Waals surface area contributed by atoms with Gasteiger partial charge in [0.2, 0.25) is 5.78 Å². The molecule has 2 heterocycles. The maximum Gasteiger partial charge on any atom is 0.231 e. The molecule has 0 aliphatic carbocycles. The predicted octanol–water partition coefficient (Wildman–Crippen LogP) is 0.348. The minimum absolute atomic E-state index is 0. The molecule has 0 amide bonds. The van der Waals surface area contributed by atoms with E-state index in [2.05, 4.69) is 16.7 Å². The summed E-state index contributed by atoms with van der Waals surface area (Å²) in [5.41, 5.74) is 2.58. The van der Waals surface area contributed by atoms with Crippen molar-refractivity contribution in [3.63, 3.8) is 0 Å². The normalized spacial score (nSPS) is 13.8. The molecule has 0 unspecified atom stereocenters. The van der Waals surface area contributed by atoms with E-state index in [0.29, 0.717) is 11.3 Å². The second-order valence-corrected chi connectivity index (χ2v) is 5.91. The molecule has 4 nitrogen and oxygen atoms in total. The molecule has 4 rings (SSSR count). The highest BCUT2D eigenvalue weighted by molar-refractivity contribution is 6.14. The molecule has 0 radical (unpaired) electrons. The van der Waals surface area contributed by atoms with Crippen LogP contribution >= 0.6 is 0 Å². The molecule has 5 heteroatoms. The lowest BCUT2D eigenvalue weighted by molar-refractivity contribution is -0.688. The van der Waals surface area contributed by atoms with Gasteiger partial charge in [0.15, 0.2) is 24.7 Å². The number of allylic oxidation sites excluding steroid dienone is 1. The number of nitrogens with zero attached hydrogens (tertiary/aromatic N) is 1. The van der Waals surface area contributed by atoms with Gasteiger partial charge < -0.3 is 22.3 Å². The van der Waals surface area contributed by atoms with E-state index in [9.17, 15) is 9.90 Å². The van der Waals surface area contributed by atoms with Gasteiger partial charge in [0.05, 0.1) is 5.56 Å². The number of hydrogen-bond acceptors (Lipinski definition) is 3. The molecule has 2 aromatic carbocycles. The smallest absolute Gasteiger partial charge is 0.231 e. The number of benzene rings is 2. The van der Waals surface area contributed by atoms with Gasteiger partial charge in [-0.2, -0.15) is 0 Å². The van der Waals surface area contributed by atoms with Crippen LogP contribution in [-0.2, 0) is 6.54 Å². The summed E-state index contributed by atoms with van der Waals surface area (Å²) in [7, 11) is 0. The third-order valence-electron chi connectivity index (χ3n) is 4.08. The monoisotopic (exact) mass is 365 g/mol. The summed E-state index contributed by atoms with van der Waals surface area (Å²) >= 11 is 0. The van der Waals surface area contributed by atoms with Gasteiger partial charge in [-0.1, -0.05) is 30.3 Å². The number of carbonyl (C=O) groups excluding carboxylic acids is 1. The average molecular weight is 366 g/mol. The number of hydrogen-bond donors (Lipinski definition) is 1. The Labute approximate surface area is 157 Å². The number of halogens is 1. The minimum Gasteiger partial charge on any atom is -1.00 e. The number of aromatic hydroxyl groups is 1. The zero-order valence-corrected chi connectivity index (χ0v) is 14.6. The number of phenolic OH excluding ortho intramolecular Hbond substituents is 1. The Hall–Kier alpha value is -3.11. The summed E-state index contributed by atoms with van der Waals surface area (Å²) in [6.45, 7) is 0.790. The molecule has 0 bridgehead atoms. The number of rotatable bonds is 3.